The Labute approximate surface area is 151 Å². The maximum Gasteiger partial charge on any atom is 0.243 e. The predicted molar refractivity (Wildman–Crippen MR) is 100 cm³/mol. The van der Waals surface area contributed by atoms with Crippen LogP contribution in [0.2, 0.25) is 0 Å². The predicted octanol–water partition coefficient (Wildman–Crippen LogP) is 2.10. The van der Waals surface area contributed by atoms with E-state index < -0.39 is 15.4 Å². The summed E-state index contributed by atoms with van der Waals surface area (Å²) < 4.78 is 26.2. The molecule has 0 aliphatic rings. The molecule has 0 saturated carbocycles. The molecule has 0 bridgehead atoms. The zero-order chi connectivity index (χ0) is 19.3. The van der Waals surface area contributed by atoms with Gasteiger partial charge in [0, 0.05) is 26.2 Å². The van der Waals surface area contributed by atoms with E-state index in [4.69, 9.17) is 5.73 Å². The van der Waals surface area contributed by atoms with Crippen LogP contribution in [0, 0.1) is 5.41 Å². The molecule has 25 heavy (non-hydrogen) atoms. The zero-order valence-corrected chi connectivity index (χ0v) is 16.7. The van der Waals surface area contributed by atoms with Crippen molar-refractivity contribution in [3.8, 4) is 0 Å². The smallest absolute Gasteiger partial charge is 0.243 e. The van der Waals surface area contributed by atoms with E-state index in [1.54, 1.807) is 31.3 Å². The van der Waals surface area contributed by atoms with Gasteiger partial charge in [0.2, 0.25) is 15.9 Å². The van der Waals surface area contributed by atoms with Crippen molar-refractivity contribution in [2.24, 2.45) is 11.1 Å². The molecule has 6 nitrogen and oxygen atoms in total. The third-order valence-corrected chi connectivity index (χ3v) is 7.05. The molecule has 0 spiro atoms. The number of carbonyl (C=O) groups is 1. The monoisotopic (exact) mass is 369 g/mol. The zero-order valence-electron chi connectivity index (χ0n) is 15.9. The second-order valence-electron chi connectivity index (χ2n) is 6.63. The lowest BCUT2D eigenvalue weighted by Gasteiger charge is -2.28. The van der Waals surface area contributed by atoms with Gasteiger partial charge in [-0.2, -0.15) is 4.31 Å². The van der Waals surface area contributed by atoms with Gasteiger partial charge in [-0.05, 0) is 44.4 Å². The molecule has 0 aromatic heterocycles. The second kappa shape index (κ2) is 8.78. The fourth-order valence-corrected chi connectivity index (χ4v) is 3.91. The molecule has 0 aliphatic heterocycles. The molecule has 0 fully saturated rings. The third kappa shape index (κ3) is 4.80. The molecule has 0 heterocycles. The number of hydrogen-bond acceptors (Lipinski definition) is 4. The lowest BCUT2D eigenvalue weighted by molar-refractivity contribution is -0.131. The van der Waals surface area contributed by atoms with Gasteiger partial charge in [-0.25, -0.2) is 8.42 Å². The van der Waals surface area contributed by atoms with Crippen molar-refractivity contribution in [1.29, 1.82) is 0 Å². The summed E-state index contributed by atoms with van der Waals surface area (Å²) in [6.07, 6.45) is 1.37. The van der Waals surface area contributed by atoms with Gasteiger partial charge in [-0.3, -0.25) is 4.79 Å². The molecule has 0 saturated heterocycles. The molecule has 1 aromatic carbocycles. The van der Waals surface area contributed by atoms with E-state index in [1.165, 1.54) is 4.31 Å². The quantitative estimate of drug-likeness (QED) is 0.697. The maximum atomic E-state index is 12.4. The second-order valence-corrected chi connectivity index (χ2v) is 8.63. The molecule has 0 atom stereocenters. The number of nitrogens with zero attached hydrogens (tertiary/aromatic N) is 1. The van der Waals surface area contributed by atoms with Crippen molar-refractivity contribution in [3.63, 3.8) is 0 Å². The topological polar surface area (TPSA) is 92.5 Å². The molecule has 0 unspecified atom stereocenters. The first kappa shape index (κ1) is 21.6. The normalized spacial score (nSPS) is 12.6. The Morgan fingerprint density at radius 1 is 1.20 bits per heavy atom. The summed E-state index contributed by atoms with van der Waals surface area (Å²) in [5.74, 6) is -0.0590. The van der Waals surface area contributed by atoms with E-state index in [9.17, 15) is 13.2 Å². The Balaban J connectivity index is 2.83. The van der Waals surface area contributed by atoms with Crippen molar-refractivity contribution in [1.82, 2.24) is 9.62 Å². The van der Waals surface area contributed by atoms with Gasteiger partial charge < -0.3 is 11.1 Å². The van der Waals surface area contributed by atoms with Crippen LogP contribution in [0.3, 0.4) is 0 Å². The minimum Gasteiger partial charge on any atom is -0.352 e. The molecular weight excluding hydrogens is 338 g/mol. The highest BCUT2D eigenvalue weighted by Crippen LogP contribution is 2.25. The SMILES string of the molecule is CCC(CC)(CN)C(=O)NCc1ccc(S(=O)(=O)N(C)C(C)C)cc1. The Kier molecular flexibility index (Phi) is 7.59. The first-order valence-corrected chi connectivity index (χ1v) is 10.1. The molecule has 3 N–H and O–H groups in total. The lowest BCUT2D eigenvalue weighted by Crippen LogP contribution is -2.45. The highest BCUT2D eigenvalue weighted by Gasteiger charge is 2.33. The summed E-state index contributed by atoms with van der Waals surface area (Å²) in [7, 11) is -1.93. The number of nitrogens with one attached hydrogen (secondary N) is 1. The Hall–Kier alpha value is -1.44. The summed E-state index contributed by atoms with van der Waals surface area (Å²) in [5, 5.41) is 2.91. The van der Waals surface area contributed by atoms with Gasteiger partial charge in [-0.15, -0.1) is 0 Å². The highest BCUT2D eigenvalue weighted by atomic mass is 32.2. The van der Waals surface area contributed by atoms with Crippen molar-refractivity contribution < 1.29 is 13.2 Å². The third-order valence-electron chi connectivity index (χ3n) is 5.01. The fraction of sp³-hybridized carbons (Fsp3) is 0.611. The Morgan fingerprint density at radius 3 is 2.12 bits per heavy atom. The molecule has 0 radical (unpaired) electrons. The average molecular weight is 370 g/mol. The van der Waals surface area contributed by atoms with Crippen LogP contribution in [0.25, 0.3) is 0 Å². The largest absolute Gasteiger partial charge is 0.352 e. The number of amides is 1. The molecular formula is C18H31N3O3S. The summed E-state index contributed by atoms with van der Waals surface area (Å²) in [6.45, 7) is 8.23. The number of benzene rings is 1. The van der Waals surface area contributed by atoms with Crippen LogP contribution >= 0.6 is 0 Å². The van der Waals surface area contributed by atoms with E-state index in [1.807, 2.05) is 27.7 Å². The maximum absolute atomic E-state index is 12.4. The summed E-state index contributed by atoms with van der Waals surface area (Å²) in [6, 6.07) is 6.49. The highest BCUT2D eigenvalue weighted by molar-refractivity contribution is 7.89. The Bertz CT molecular complexity index is 657. The first-order valence-electron chi connectivity index (χ1n) is 8.70. The van der Waals surface area contributed by atoms with Crippen molar-refractivity contribution >= 4 is 15.9 Å². The van der Waals surface area contributed by atoms with Gasteiger partial charge >= 0.3 is 0 Å². The first-order chi connectivity index (χ1) is 11.6. The van der Waals surface area contributed by atoms with Crippen molar-refractivity contribution in [2.45, 2.75) is 58.0 Å². The summed E-state index contributed by atoms with van der Waals surface area (Å²) in [4.78, 5) is 12.7. The van der Waals surface area contributed by atoms with Gasteiger partial charge in [0.25, 0.3) is 0 Å². The number of hydrogen-bond donors (Lipinski definition) is 2. The standard InChI is InChI=1S/C18H31N3O3S/c1-6-18(7-2,13-19)17(22)20-12-15-8-10-16(11-9-15)25(23,24)21(5)14(3)4/h8-11,14H,6-7,12-13,19H2,1-5H3,(H,20,22). The van der Waals surface area contributed by atoms with E-state index in [2.05, 4.69) is 5.32 Å². The van der Waals surface area contributed by atoms with Crippen LogP contribution in [0.1, 0.15) is 46.1 Å². The minimum atomic E-state index is -3.49. The lowest BCUT2D eigenvalue weighted by atomic mass is 9.81. The molecule has 0 aliphatic carbocycles. The van der Waals surface area contributed by atoms with Gasteiger partial charge in [0.15, 0.2) is 0 Å². The van der Waals surface area contributed by atoms with Gasteiger partial charge in [0.1, 0.15) is 0 Å². The molecule has 1 aromatic rings. The van der Waals surface area contributed by atoms with Crippen molar-refractivity contribution in [3.05, 3.63) is 29.8 Å². The van der Waals surface area contributed by atoms with Crippen LogP contribution in [0.4, 0.5) is 0 Å². The Morgan fingerprint density at radius 2 is 1.72 bits per heavy atom. The molecule has 142 valence electrons. The number of carbonyl (C=O) groups excluding carboxylic acids is 1. The fourth-order valence-electron chi connectivity index (χ4n) is 2.55. The van der Waals surface area contributed by atoms with E-state index in [-0.39, 0.29) is 16.8 Å². The summed E-state index contributed by atoms with van der Waals surface area (Å²) >= 11 is 0. The molecule has 1 rings (SSSR count). The number of nitrogens with two attached hydrogens (primary N) is 1. The summed E-state index contributed by atoms with van der Waals surface area (Å²) in [5.41, 5.74) is 6.09. The number of rotatable bonds is 9. The van der Waals surface area contributed by atoms with Crippen LogP contribution in [0.5, 0.6) is 0 Å². The molecule has 1 amide bonds. The van der Waals surface area contributed by atoms with Crippen LogP contribution in [-0.2, 0) is 21.4 Å². The van der Waals surface area contributed by atoms with Crippen LogP contribution < -0.4 is 11.1 Å². The van der Waals surface area contributed by atoms with Crippen LogP contribution in [-0.4, -0.2) is 38.3 Å². The van der Waals surface area contributed by atoms with E-state index in [0.717, 1.165) is 5.56 Å². The van der Waals surface area contributed by atoms with Crippen LogP contribution in [0.15, 0.2) is 29.2 Å². The molecule has 7 heteroatoms. The average Bonchev–Trinajstić information content (AvgIpc) is 2.61. The van der Waals surface area contributed by atoms with Crippen molar-refractivity contribution in [2.75, 3.05) is 13.6 Å². The van der Waals surface area contributed by atoms with Gasteiger partial charge in [-0.1, -0.05) is 26.0 Å². The van der Waals surface area contributed by atoms with E-state index in [0.29, 0.717) is 25.9 Å². The van der Waals surface area contributed by atoms with Gasteiger partial charge in [0.05, 0.1) is 10.3 Å². The van der Waals surface area contributed by atoms with E-state index >= 15 is 0 Å². The number of sulfonamides is 1. The minimum absolute atomic E-state index is 0.0590.